The molecule has 0 saturated carbocycles. The van der Waals surface area contributed by atoms with Crippen LogP contribution in [0.3, 0.4) is 0 Å². The zero-order valence-electron chi connectivity index (χ0n) is 25.4. The fourth-order valence-corrected chi connectivity index (χ4v) is 6.52. The van der Waals surface area contributed by atoms with Crippen LogP contribution < -0.4 is 9.62 Å². The van der Waals surface area contributed by atoms with Gasteiger partial charge in [-0.15, -0.1) is 0 Å². The van der Waals surface area contributed by atoms with Crippen LogP contribution in [0.5, 0.6) is 0 Å². The van der Waals surface area contributed by atoms with Crippen molar-refractivity contribution < 1.29 is 18.0 Å². The second-order valence-electron chi connectivity index (χ2n) is 10.8. The van der Waals surface area contributed by atoms with Gasteiger partial charge in [0.1, 0.15) is 12.6 Å². The molecular formula is C35H39N3O4S. The summed E-state index contributed by atoms with van der Waals surface area (Å²) < 4.78 is 29.6. The van der Waals surface area contributed by atoms with Gasteiger partial charge >= 0.3 is 0 Å². The molecule has 0 aliphatic carbocycles. The van der Waals surface area contributed by atoms with Crippen molar-refractivity contribution in [3.05, 3.63) is 130 Å². The van der Waals surface area contributed by atoms with E-state index in [0.29, 0.717) is 5.69 Å². The highest BCUT2D eigenvalue weighted by atomic mass is 32.2. The number of benzene rings is 4. The number of rotatable bonds is 11. The van der Waals surface area contributed by atoms with E-state index in [9.17, 15) is 18.0 Å². The molecule has 224 valence electrons. The highest BCUT2D eigenvalue weighted by Crippen LogP contribution is 2.29. The van der Waals surface area contributed by atoms with Gasteiger partial charge in [0.25, 0.3) is 10.0 Å². The summed E-state index contributed by atoms with van der Waals surface area (Å²) in [6, 6.07) is 28.3. The normalized spacial score (nSPS) is 11.9. The van der Waals surface area contributed by atoms with Crippen molar-refractivity contribution in [2.45, 2.75) is 51.6 Å². The third kappa shape index (κ3) is 7.32. The summed E-state index contributed by atoms with van der Waals surface area (Å²) in [6.07, 6.45) is 0.270. The molecule has 0 heterocycles. The molecule has 0 aliphatic rings. The van der Waals surface area contributed by atoms with Crippen molar-refractivity contribution >= 4 is 27.5 Å². The lowest BCUT2D eigenvalue weighted by Gasteiger charge is -2.34. The van der Waals surface area contributed by atoms with Gasteiger partial charge in [-0.2, -0.15) is 0 Å². The van der Waals surface area contributed by atoms with Gasteiger partial charge < -0.3 is 10.2 Å². The highest BCUT2D eigenvalue weighted by Gasteiger charge is 2.35. The Bertz CT molecular complexity index is 1690. The van der Waals surface area contributed by atoms with E-state index in [1.807, 2.05) is 88.4 Å². The van der Waals surface area contributed by atoms with E-state index in [-0.39, 0.29) is 23.8 Å². The molecule has 8 heteroatoms. The molecule has 2 amide bonds. The number of anilines is 1. The van der Waals surface area contributed by atoms with Crippen LogP contribution in [0.1, 0.15) is 33.4 Å². The molecule has 0 bridgehead atoms. The zero-order valence-corrected chi connectivity index (χ0v) is 26.2. The summed E-state index contributed by atoms with van der Waals surface area (Å²) in [5, 5.41) is 2.72. The molecule has 0 radical (unpaired) electrons. The van der Waals surface area contributed by atoms with Gasteiger partial charge in [0, 0.05) is 20.0 Å². The second kappa shape index (κ2) is 13.7. The third-order valence-corrected chi connectivity index (χ3v) is 9.63. The number of hydrogen-bond acceptors (Lipinski definition) is 4. The molecule has 0 saturated heterocycles. The Morgan fingerprint density at radius 3 is 2.05 bits per heavy atom. The molecule has 0 fully saturated rings. The molecule has 4 rings (SSSR count). The first-order valence-electron chi connectivity index (χ1n) is 14.3. The van der Waals surface area contributed by atoms with Gasteiger partial charge in [-0.05, 0) is 73.7 Å². The summed E-state index contributed by atoms with van der Waals surface area (Å²) >= 11 is 0. The molecule has 4 aromatic rings. The number of likely N-dealkylation sites (N-methyl/N-ethyl adjacent to an activating group) is 1. The summed E-state index contributed by atoms with van der Waals surface area (Å²) in [4.78, 5) is 29.5. The highest BCUT2D eigenvalue weighted by molar-refractivity contribution is 7.92. The Morgan fingerprint density at radius 2 is 1.40 bits per heavy atom. The van der Waals surface area contributed by atoms with Gasteiger partial charge in [-0.3, -0.25) is 13.9 Å². The maximum absolute atomic E-state index is 14.5. The van der Waals surface area contributed by atoms with Crippen LogP contribution in [-0.4, -0.2) is 44.8 Å². The molecule has 0 spiro atoms. The monoisotopic (exact) mass is 597 g/mol. The van der Waals surface area contributed by atoms with Crippen molar-refractivity contribution in [1.29, 1.82) is 0 Å². The van der Waals surface area contributed by atoms with Crippen LogP contribution in [0.4, 0.5) is 5.69 Å². The van der Waals surface area contributed by atoms with Crippen molar-refractivity contribution in [2.24, 2.45) is 0 Å². The smallest absolute Gasteiger partial charge is 0.264 e. The van der Waals surface area contributed by atoms with E-state index in [2.05, 4.69) is 5.32 Å². The summed E-state index contributed by atoms with van der Waals surface area (Å²) in [7, 11) is -2.60. The van der Waals surface area contributed by atoms with Crippen LogP contribution >= 0.6 is 0 Å². The number of nitrogens with one attached hydrogen (secondary N) is 1. The summed E-state index contributed by atoms with van der Waals surface area (Å²) in [5.74, 6) is -0.810. The molecule has 0 aromatic heterocycles. The van der Waals surface area contributed by atoms with Gasteiger partial charge in [-0.1, -0.05) is 84.4 Å². The number of carbonyl (C=O) groups is 2. The second-order valence-corrected chi connectivity index (χ2v) is 12.7. The Balaban J connectivity index is 1.83. The number of carbonyl (C=O) groups excluding carboxylic acids is 2. The fourth-order valence-electron chi connectivity index (χ4n) is 5.05. The van der Waals surface area contributed by atoms with Crippen molar-refractivity contribution in [1.82, 2.24) is 10.2 Å². The van der Waals surface area contributed by atoms with Crippen LogP contribution in [0.2, 0.25) is 0 Å². The first kappa shape index (κ1) is 31.5. The van der Waals surface area contributed by atoms with E-state index in [1.165, 1.54) is 9.21 Å². The largest absolute Gasteiger partial charge is 0.357 e. The standard InChI is InChI=1S/C35H39N3O4S/c1-25-18-20-31(21-19-25)43(41,42)38(32-17-11-13-26(2)28(32)4)24-34(39)37(23-30-16-10-9-12-27(30)3)33(35(40)36-5)22-29-14-7-6-8-15-29/h6-21,33H,22-24H2,1-5H3,(H,36,40)/t33-/m0/s1. The minimum absolute atomic E-state index is 0.0874. The van der Waals surface area contributed by atoms with Crippen LogP contribution in [-0.2, 0) is 32.6 Å². The first-order valence-corrected chi connectivity index (χ1v) is 15.7. The van der Waals surface area contributed by atoms with Crippen molar-refractivity contribution in [2.75, 3.05) is 17.9 Å². The van der Waals surface area contributed by atoms with Gasteiger partial charge in [0.05, 0.1) is 10.6 Å². The molecule has 7 nitrogen and oxygen atoms in total. The quantitative estimate of drug-likeness (QED) is 0.247. The third-order valence-electron chi connectivity index (χ3n) is 7.85. The molecular weight excluding hydrogens is 558 g/mol. The minimum atomic E-state index is -4.14. The van der Waals surface area contributed by atoms with Crippen LogP contribution in [0.25, 0.3) is 0 Å². The Morgan fingerprint density at radius 1 is 0.767 bits per heavy atom. The number of amides is 2. The SMILES string of the molecule is CNC(=O)[C@H](Cc1ccccc1)N(Cc1ccccc1C)C(=O)CN(c1cccc(C)c1C)S(=O)(=O)c1ccc(C)cc1. The Hall–Kier alpha value is -4.43. The van der Waals surface area contributed by atoms with Gasteiger partial charge in [0.2, 0.25) is 11.8 Å². The lowest BCUT2D eigenvalue weighted by Crippen LogP contribution is -2.53. The molecule has 0 unspecified atom stereocenters. The number of nitrogens with zero attached hydrogens (tertiary/aromatic N) is 2. The first-order chi connectivity index (χ1) is 20.5. The maximum Gasteiger partial charge on any atom is 0.264 e. The Labute approximate surface area is 255 Å². The zero-order chi connectivity index (χ0) is 31.1. The molecule has 0 aliphatic heterocycles. The fraction of sp³-hybridized carbons (Fsp3) is 0.257. The predicted molar refractivity (Wildman–Crippen MR) is 171 cm³/mol. The Kier molecular flexibility index (Phi) is 10.0. The van der Waals surface area contributed by atoms with Crippen molar-refractivity contribution in [3.8, 4) is 0 Å². The molecule has 4 aromatic carbocycles. The minimum Gasteiger partial charge on any atom is -0.357 e. The lowest BCUT2D eigenvalue weighted by molar-refractivity contribution is -0.139. The van der Waals surface area contributed by atoms with Crippen LogP contribution in [0, 0.1) is 27.7 Å². The van der Waals surface area contributed by atoms with E-state index >= 15 is 0 Å². The lowest BCUT2D eigenvalue weighted by atomic mass is 10.0. The van der Waals surface area contributed by atoms with Crippen molar-refractivity contribution in [3.63, 3.8) is 0 Å². The van der Waals surface area contributed by atoms with E-state index in [1.54, 1.807) is 43.4 Å². The summed E-state index contributed by atoms with van der Waals surface area (Å²) in [5.41, 5.74) is 5.72. The van der Waals surface area contributed by atoms with Gasteiger partial charge in [0.15, 0.2) is 0 Å². The topological polar surface area (TPSA) is 86.8 Å². The number of sulfonamides is 1. The average Bonchev–Trinajstić information content (AvgIpc) is 3.00. The molecule has 1 N–H and O–H groups in total. The predicted octanol–water partition coefficient (Wildman–Crippen LogP) is 5.50. The average molecular weight is 598 g/mol. The van der Waals surface area contributed by atoms with E-state index < -0.39 is 28.5 Å². The van der Waals surface area contributed by atoms with Gasteiger partial charge in [-0.25, -0.2) is 8.42 Å². The number of hydrogen-bond donors (Lipinski definition) is 1. The maximum atomic E-state index is 14.5. The van der Waals surface area contributed by atoms with Crippen LogP contribution in [0.15, 0.2) is 102 Å². The van der Waals surface area contributed by atoms with E-state index in [4.69, 9.17) is 0 Å². The molecule has 1 atom stereocenters. The number of aryl methyl sites for hydroxylation is 3. The van der Waals surface area contributed by atoms with E-state index in [0.717, 1.165) is 33.4 Å². The molecule has 43 heavy (non-hydrogen) atoms. The summed E-state index contributed by atoms with van der Waals surface area (Å²) in [6.45, 7) is 7.26.